The molecule has 0 saturated heterocycles. The van der Waals surface area contributed by atoms with Gasteiger partial charge in [0, 0.05) is 20.4 Å². The number of para-hydroxylation sites is 1. The molecule has 202 valence electrons. The summed E-state index contributed by atoms with van der Waals surface area (Å²) in [5.74, 6) is 0. The number of hydrogen-bond acceptors (Lipinski definition) is 1. The zero-order chi connectivity index (χ0) is 27.0. The van der Waals surface area contributed by atoms with Crippen molar-refractivity contribution in [3.63, 3.8) is 0 Å². The van der Waals surface area contributed by atoms with E-state index < -0.39 is 0 Å². The summed E-state index contributed by atoms with van der Waals surface area (Å²) in [6, 6.07) is 61.1. The molecule has 0 unspecified atom stereocenters. The molecule has 0 spiro atoms. The molecule has 0 aliphatic carbocycles. The van der Waals surface area contributed by atoms with Gasteiger partial charge in [-0.25, -0.2) is 0 Å². The van der Waals surface area contributed by atoms with Crippen LogP contribution in [-0.2, 0) is 20.4 Å². The van der Waals surface area contributed by atoms with Crippen molar-refractivity contribution >= 4 is 44.1 Å². The number of hydrogen-bond donors (Lipinski definition) is 1. The summed E-state index contributed by atoms with van der Waals surface area (Å²) >= 11 is 0. The molecule has 0 atom stereocenters. The first-order valence-corrected chi connectivity index (χ1v) is 14.8. The summed E-state index contributed by atoms with van der Waals surface area (Å²) < 4.78 is 0. The minimum atomic E-state index is 0. The van der Waals surface area contributed by atoms with Crippen molar-refractivity contribution in [2.75, 3.05) is 5.73 Å². The average molecular weight is 647 g/mol. The van der Waals surface area contributed by atoms with Crippen molar-refractivity contribution in [3.05, 3.63) is 176 Å². The third kappa shape index (κ3) is 11.0. The van der Waals surface area contributed by atoms with Crippen molar-refractivity contribution in [1.29, 1.82) is 0 Å². The molecule has 0 radical (unpaired) electrons. The van der Waals surface area contributed by atoms with Crippen molar-refractivity contribution < 1.29 is 20.4 Å². The Bertz CT molecular complexity index is 1330. The van der Waals surface area contributed by atoms with Crippen LogP contribution in [-0.4, -0.2) is 0 Å². The van der Waals surface area contributed by atoms with Gasteiger partial charge in [0.05, 0.1) is 0 Å². The van der Waals surface area contributed by atoms with Gasteiger partial charge in [0.1, 0.15) is 0 Å². The van der Waals surface area contributed by atoms with Gasteiger partial charge in [-0.1, -0.05) is 162 Å². The predicted octanol–water partition coefficient (Wildman–Crippen LogP) is 7.37. The molecular weight excluding hydrogens is 615 g/mol. The quantitative estimate of drug-likeness (QED) is 0.0901. The summed E-state index contributed by atoms with van der Waals surface area (Å²) in [5.41, 5.74) is 8.72. The zero-order valence-corrected chi connectivity index (χ0v) is 25.6. The zero-order valence-electron chi connectivity index (χ0n) is 22.1. The van der Waals surface area contributed by atoms with Gasteiger partial charge < -0.3 is 5.73 Å². The molecule has 40 heavy (non-hydrogen) atoms. The molecule has 2 N–H and O–H groups in total. The maximum atomic E-state index is 5.83. The standard InChI is InChI=1S/C12H10N.2C12H11P.Pd/c13-12-9-5-4-8-11(12)10-6-2-1-3-7-10;2*1-3-7-11(8-4-1)13-12-9-5-2-6-10-12;/h1-6,8-9H,13H2;2*1-10,13H;/q-1;;;. The molecule has 0 aromatic heterocycles. The third-order valence-electron chi connectivity index (χ3n) is 5.63. The smallest absolute Gasteiger partial charge is 0 e. The Morgan fingerprint density at radius 2 is 0.750 bits per heavy atom. The van der Waals surface area contributed by atoms with E-state index in [2.05, 4.69) is 127 Å². The second-order valence-corrected chi connectivity index (χ2v) is 11.4. The van der Waals surface area contributed by atoms with Gasteiger partial charge in [-0.3, -0.25) is 0 Å². The molecule has 6 aromatic carbocycles. The van der Waals surface area contributed by atoms with E-state index in [0.29, 0.717) is 0 Å². The van der Waals surface area contributed by atoms with Gasteiger partial charge in [0.2, 0.25) is 0 Å². The van der Waals surface area contributed by atoms with Gasteiger partial charge in [-0.2, -0.15) is 0 Å². The topological polar surface area (TPSA) is 26.0 Å². The van der Waals surface area contributed by atoms with E-state index in [1.165, 1.54) is 21.2 Å². The molecule has 0 aliphatic rings. The molecule has 0 amide bonds. The van der Waals surface area contributed by atoms with Crippen molar-refractivity contribution in [1.82, 2.24) is 0 Å². The molecule has 4 heteroatoms. The summed E-state index contributed by atoms with van der Waals surface area (Å²) in [4.78, 5) is 0. The van der Waals surface area contributed by atoms with Crippen LogP contribution in [0.1, 0.15) is 0 Å². The first-order chi connectivity index (χ1) is 19.3. The fraction of sp³-hybridized carbons (Fsp3) is 0. The molecule has 0 saturated carbocycles. The van der Waals surface area contributed by atoms with Crippen LogP contribution in [0.4, 0.5) is 5.69 Å². The molecule has 0 fully saturated rings. The van der Waals surface area contributed by atoms with Crippen LogP contribution in [0.3, 0.4) is 0 Å². The van der Waals surface area contributed by atoms with E-state index in [0.717, 1.165) is 34.0 Å². The van der Waals surface area contributed by atoms with Crippen molar-refractivity contribution in [2.45, 2.75) is 0 Å². The fourth-order valence-electron chi connectivity index (χ4n) is 3.72. The number of rotatable bonds is 5. The first-order valence-electron chi connectivity index (χ1n) is 12.8. The average Bonchev–Trinajstić information content (AvgIpc) is 3.01. The van der Waals surface area contributed by atoms with E-state index in [1.807, 2.05) is 48.5 Å². The van der Waals surface area contributed by atoms with Gasteiger partial charge >= 0.3 is 0 Å². The fourth-order valence-corrected chi connectivity index (χ4v) is 5.83. The maximum absolute atomic E-state index is 5.83. The van der Waals surface area contributed by atoms with Gasteiger partial charge in [0.15, 0.2) is 0 Å². The molecule has 0 aliphatic heterocycles. The van der Waals surface area contributed by atoms with E-state index >= 15 is 0 Å². The van der Waals surface area contributed by atoms with E-state index in [-0.39, 0.29) is 20.4 Å². The Morgan fingerprint density at radius 1 is 0.400 bits per heavy atom. The van der Waals surface area contributed by atoms with E-state index in [1.54, 1.807) is 0 Å². The van der Waals surface area contributed by atoms with Crippen LogP contribution in [0.5, 0.6) is 0 Å². The van der Waals surface area contributed by atoms with Crippen molar-refractivity contribution in [3.8, 4) is 11.1 Å². The Morgan fingerprint density at radius 3 is 1.10 bits per heavy atom. The minimum absolute atomic E-state index is 0. The predicted molar refractivity (Wildman–Crippen MR) is 176 cm³/mol. The molecule has 1 nitrogen and oxygen atoms in total. The Balaban J connectivity index is 0.000000163. The third-order valence-corrected chi connectivity index (χ3v) is 8.12. The van der Waals surface area contributed by atoms with Gasteiger partial charge in [-0.05, 0) is 33.0 Å². The molecule has 6 aromatic rings. The van der Waals surface area contributed by atoms with Crippen LogP contribution >= 0.6 is 17.2 Å². The van der Waals surface area contributed by atoms with Crippen LogP contribution in [0, 0.1) is 6.07 Å². The molecular formula is C36H32NP2Pd-. The number of nitrogens with two attached hydrogens (primary N) is 1. The Kier molecular flexibility index (Phi) is 14.1. The maximum Gasteiger partial charge on any atom is 0 e. The summed E-state index contributed by atoms with van der Waals surface area (Å²) in [6.45, 7) is 0. The Hall–Kier alpha value is -3.36. The molecule has 0 heterocycles. The first kappa shape index (κ1) is 31.2. The van der Waals surface area contributed by atoms with Crippen LogP contribution < -0.4 is 27.0 Å². The van der Waals surface area contributed by atoms with Gasteiger partial charge in [-0.15, -0.1) is 35.9 Å². The van der Waals surface area contributed by atoms with E-state index in [9.17, 15) is 0 Å². The van der Waals surface area contributed by atoms with E-state index in [4.69, 9.17) is 5.73 Å². The molecule has 6 rings (SSSR count). The second-order valence-electron chi connectivity index (χ2n) is 8.58. The van der Waals surface area contributed by atoms with Crippen molar-refractivity contribution in [2.24, 2.45) is 0 Å². The minimum Gasteiger partial charge on any atom is -0.406 e. The number of benzene rings is 6. The van der Waals surface area contributed by atoms with Crippen LogP contribution in [0.2, 0.25) is 0 Å². The number of anilines is 1. The summed E-state index contributed by atoms with van der Waals surface area (Å²) in [5, 5.41) is 5.59. The summed E-state index contributed by atoms with van der Waals surface area (Å²) in [6.07, 6.45) is 0. The van der Waals surface area contributed by atoms with Crippen LogP contribution in [0.15, 0.2) is 170 Å². The Labute approximate surface area is 256 Å². The second kappa shape index (κ2) is 18.1. The largest absolute Gasteiger partial charge is 0.406 e. The normalized spacial score (nSPS) is 9.60. The summed E-state index contributed by atoms with van der Waals surface area (Å²) in [7, 11) is 1.55. The van der Waals surface area contributed by atoms with Crippen LogP contribution in [0.25, 0.3) is 11.1 Å². The van der Waals surface area contributed by atoms with Gasteiger partial charge in [0.25, 0.3) is 0 Å². The SMILES string of the molecule is Nc1ccccc1-c1[c-]cccc1.[Pd].c1ccc(Pc2ccccc2)cc1.c1ccc(Pc2ccccc2)cc1. The molecule has 0 bridgehead atoms. The number of nitrogen functional groups attached to an aromatic ring is 1. The monoisotopic (exact) mass is 646 g/mol.